The van der Waals surface area contributed by atoms with Crippen molar-refractivity contribution in [1.82, 2.24) is 4.90 Å². The molecule has 0 radical (unpaired) electrons. The van der Waals surface area contributed by atoms with Crippen LogP contribution in [-0.4, -0.2) is 28.4 Å². The van der Waals surface area contributed by atoms with Gasteiger partial charge in [0.1, 0.15) is 0 Å². The van der Waals surface area contributed by atoms with Gasteiger partial charge >= 0.3 is 0 Å². The highest BCUT2D eigenvalue weighted by atomic mass is 32.1. The van der Waals surface area contributed by atoms with E-state index in [0.29, 0.717) is 29.9 Å². The Morgan fingerprint density at radius 3 is 2.35 bits per heavy atom. The molecule has 0 saturated heterocycles. The minimum absolute atomic E-state index is 0.111. The predicted molar refractivity (Wildman–Crippen MR) is 83.5 cm³/mol. The van der Waals surface area contributed by atoms with E-state index in [4.69, 9.17) is 18.0 Å². The summed E-state index contributed by atoms with van der Waals surface area (Å²) >= 11 is 4.94. The second-order valence-corrected chi connectivity index (χ2v) is 6.38. The average molecular weight is 288 g/mol. The fourth-order valence-electron chi connectivity index (χ4n) is 3.06. The van der Waals surface area contributed by atoms with E-state index in [1.54, 1.807) is 0 Å². The smallest absolute Gasteiger partial charge is 0.226 e. The molecule has 3 rings (SSSR count). The van der Waals surface area contributed by atoms with Gasteiger partial charge in [0, 0.05) is 24.9 Å². The summed E-state index contributed by atoms with van der Waals surface area (Å²) in [6.45, 7) is 0.686. The Hall–Kier alpha value is -1.42. The molecule has 1 aromatic carbocycles. The van der Waals surface area contributed by atoms with E-state index >= 15 is 0 Å². The van der Waals surface area contributed by atoms with Gasteiger partial charge in [0.25, 0.3) is 0 Å². The number of nitrogens with two attached hydrogens (primary N) is 1. The second-order valence-electron chi connectivity index (χ2n) is 5.85. The van der Waals surface area contributed by atoms with E-state index < -0.39 is 0 Å². The quantitative estimate of drug-likeness (QED) is 0.844. The van der Waals surface area contributed by atoms with Gasteiger partial charge in [-0.05, 0) is 36.8 Å². The molecule has 1 fully saturated rings. The number of carbonyl (C=O) groups is 1. The van der Waals surface area contributed by atoms with Gasteiger partial charge in [-0.2, -0.15) is 0 Å². The lowest BCUT2D eigenvalue weighted by molar-refractivity contribution is -0.135. The number of carbonyl (C=O) groups excluding carboxylic acids is 1. The normalized spacial score (nSPS) is 17.8. The Morgan fingerprint density at radius 1 is 1.25 bits per heavy atom. The van der Waals surface area contributed by atoms with Crippen LogP contribution in [0.3, 0.4) is 0 Å². The van der Waals surface area contributed by atoms with Crippen molar-refractivity contribution in [3.05, 3.63) is 35.4 Å². The molecule has 4 heteroatoms. The number of hydrogen-bond acceptors (Lipinski definition) is 2. The zero-order chi connectivity index (χ0) is 14.1. The Bertz CT molecular complexity index is 514. The number of thiocarbonyl (C=S) groups is 1. The van der Waals surface area contributed by atoms with E-state index in [2.05, 4.69) is 24.3 Å². The molecule has 2 aliphatic carbocycles. The molecule has 0 heterocycles. The molecule has 1 saturated carbocycles. The topological polar surface area (TPSA) is 46.3 Å². The average Bonchev–Trinajstić information content (AvgIpc) is 3.16. The summed E-state index contributed by atoms with van der Waals surface area (Å²) < 4.78 is 0. The van der Waals surface area contributed by atoms with Crippen LogP contribution in [0.1, 0.15) is 30.4 Å². The first kappa shape index (κ1) is 13.6. The molecule has 0 aromatic heterocycles. The van der Waals surface area contributed by atoms with E-state index in [0.717, 1.165) is 25.7 Å². The van der Waals surface area contributed by atoms with Gasteiger partial charge < -0.3 is 10.6 Å². The predicted octanol–water partition coefficient (Wildman–Crippen LogP) is 2.07. The maximum Gasteiger partial charge on any atom is 0.226 e. The number of fused-ring (bicyclic) bond motifs is 1. The van der Waals surface area contributed by atoms with E-state index in [1.165, 1.54) is 11.1 Å². The van der Waals surface area contributed by atoms with Crippen molar-refractivity contribution >= 4 is 23.1 Å². The third kappa shape index (κ3) is 2.85. The third-order valence-corrected chi connectivity index (χ3v) is 4.47. The molecule has 0 atom stereocenters. The van der Waals surface area contributed by atoms with Crippen molar-refractivity contribution in [3.8, 4) is 0 Å². The van der Waals surface area contributed by atoms with Crippen molar-refractivity contribution < 1.29 is 4.79 Å². The van der Waals surface area contributed by atoms with Crippen LogP contribution in [-0.2, 0) is 17.6 Å². The third-order valence-electron chi connectivity index (χ3n) is 4.27. The molecule has 1 amide bonds. The number of hydrogen-bond donors (Lipinski definition) is 1. The van der Waals surface area contributed by atoms with E-state index in [-0.39, 0.29) is 5.92 Å². The van der Waals surface area contributed by atoms with Crippen LogP contribution in [0, 0.1) is 5.92 Å². The molecule has 2 N–H and O–H groups in total. The second kappa shape index (κ2) is 5.52. The number of rotatable bonds is 5. The Morgan fingerprint density at radius 2 is 1.85 bits per heavy atom. The summed E-state index contributed by atoms with van der Waals surface area (Å²) in [5.41, 5.74) is 8.24. The molecule has 0 aliphatic heterocycles. The van der Waals surface area contributed by atoms with Crippen molar-refractivity contribution in [2.75, 3.05) is 6.54 Å². The van der Waals surface area contributed by atoms with Crippen molar-refractivity contribution in [2.24, 2.45) is 11.7 Å². The van der Waals surface area contributed by atoms with Crippen LogP contribution in [0.5, 0.6) is 0 Å². The van der Waals surface area contributed by atoms with Crippen LogP contribution in [0.4, 0.5) is 0 Å². The fourth-order valence-corrected chi connectivity index (χ4v) is 3.15. The van der Waals surface area contributed by atoms with Gasteiger partial charge in [0.2, 0.25) is 5.91 Å². The molecule has 20 heavy (non-hydrogen) atoms. The number of benzene rings is 1. The van der Waals surface area contributed by atoms with Crippen LogP contribution in [0.15, 0.2) is 24.3 Å². The summed E-state index contributed by atoms with van der Waals surface area (Å²) in [6.07, 6.45) is 4.65. The molecule has 0 unspecified atom stereocenters. The Labute approximate surface area is 125 Å². The maximum atomic E-state index is 12.7. The maximum absolute atomic E-state index is 12.7. The highest BCUT2D eigenvalue weighted by Gasteiger charge is 2.37. The van der Waals surface area contributed by atoms with Crippen LogP contribution >= 0.6 is 12.2 Å². The monoisotopic (exact) mass is 288 g/mol. The largest absolute Gasteiger partial charge is 0.393 e. The molecule has 0 spiro atoms. The van der Waals surface area contributed by atoms with Crippen molar-refractivity contribution in [1.29, 1.82) is 0 Å². The van der Waals surface area contributed by atoms with Crippen molar-refractivity contribution in [2.45, 2.75) is 38.1 Å². The lowest BCUT2D eigenvalue weighted by atomic mass is 10.0. The summed E-state index contributed by atoms with van der Waals surface area (Å²) in [6, 6.07) is 8.81. The van der Waals surface area contributed by atoms with Gasteiger partial charge in [-0.25, -0.2) is 0 Å². The fraction of sp³-hybridized carbons (Fsp3) is 0.500. The first-order valence-electron chi connectivity index (χ1n) is 7.30. The summed E-state index contributed by atoms with van der Waals surface area (Å²) in [4.78, 5) is 15.3. The van der Waals surface area contributed by atoms with Crippen LogP contribution in [0.25, 0.3) is 0 Å². The zero-order valence-electron chi connectivity index (χ0n) is 11.5. The first-order valence-corrected chi connectivity index (χ1v) is 7.71. The Balaban J connectivity index is 1.67. The number of amides is 1. The van der Waals surface area contributed by atoms with Gasteiger partial charge in [-0.3, -0.25) is 4.79 Å². The standard InChI is InChI=1S/C16H20N2OS/c17-15(20)7-8-18(14-5-6-14)16(19)13-9-11-3-1-2-4-12(11)10-13/h1-4,13-14H,5-10H2,(H2,17,20). The zero-order valence-corrected chi connectivity index (χ0v) is 12.4. The van der Waals surface area contributed by atoms with Gasteiger partial charge in [0.05, 0.1) is 4.99 Å². The van der Waals surface area contributed by atoms with E-state index in [9.17, 15) is 4.79 Å². The highest BCUT2D eigenvalue weighted by Crippen LogP contribution is 2.33. The van der Waals surface area contributed by atoms with Crippen molar-refractivity contribution in [3.63, 3.8) is 0 Å². The molecular weight excluding hydrogens is 268 g/mol. The summed E-state index contributed by atoms with van der Waals surface area (Å²) in [7, 11) is 0. The van der Waals surface area contributed by atoms with E-state index in [1.807, 2.05) is 4.90 Å². The number of nitrogens with zero attached hydrogens (tertiary/aromatic N) is 1. The molecule has 1 aromatic rings. The summed E-state index contributed by atoms with van der Waals surface area (Å²) in [5.74, 6) is 0.402. The van der Waals surface area contributed by atoms with Crippen LogP contribution < -0.4 is 5.73 Å². The lowest BCUT2D eigenvalue weighted by Crippen LogP contribution is -2.40. The molecule has 2 aliphatic rings. The summed E-state index contributed by atoms with van der Waals surface area (Å²) in [5, 5.41) is 0. The molecular formula is C16H20N2OS. The molecule has 106 valence electrons. The van der Waals surface area contributed by atoms with Gasteiger partial charge in [0.15, 0.2) is 0 Å². The van der Waals surface area contributed by atoms with Gasteiger partial charge in [-0.1, -0.05) is 36.5 Å². The first-order chi connectivity index (χ1) is 9.65. The Kier molecular flexibility index (Phi) is 3.74. The van der Waals surface area contributed by atoms with Gasteiger partial charge in [-0.15, -0.1) is 0 Å². The SMILES string of the molecule is NC(=S)CCN(C(=O)C1Cc2ccccc2C1)C1CC1. The molecule has 0 bridgehead atoms. The minimum Gasteiger partial charge on any atom is -0.393 e. The minimum atomic E-state index is 0.111. The molecule has 3 nitrogen and oxygen atoms in total. The lowest BCUT2D eigenvalue weighted by Gasteiger charge is -2.25. The highest BCUT2D eigenvalue weighted by molar-refractivity contribution is 7.80. The van der Waals surface area contributed by atoms with Crippen LogP contribution in [0.2, 0.25) is 0 Å².